The van der Waals surface area contributed by atoms with Crippen LogP contribution in [0.15, 0.2) is 69.1 Å². The van der Waals surface area contributed by atoms with E-state index in [4.69, 9.17) is 17.3 Å². The number of guanidine groups is 1. The molecule has 1 unspecified atom stereocenters. The number of aliphatic imine (C=N–C) groups is 1. The minimum atomic E-state index is -4.36. The number of rotatable bonds is 4. The molecule has 1 saturated heterocycles. The molecule has 1 atom stereocenters. The van der Waals surface area contributed by atoms with Gasteiger partial charge in [-0.2, -0.15) is 36.0 Å². The highest BCUT2D eigenvalue weighted by molar-refractivity contribution is 7.87. The molecule has 2 aromatic rings. The predicted molar refractivity (Wildman–Crippen MR) is 138 cm³/mol. The molecule has 0 aliphatic carbocycles. The van der Waals surface area contributed by atoms with Crippen LogP contribution in [0.25, 0.3) is 0 Å². The Kier molecular flexibility index (Phi) is 7.91. The van der Waals surface area contributed by atoms with E-state index in [1.165, 1.54) is 11.9 Å². The van der Waals surface area contributed by atoms with Gasteiger partial charge in [0, 0.05) is 24.0 Å². The summed E-state index contributed by atoms with van der Waals surface area (Å²) in [6, 6.07) is 16.6. The van der Waals surface area contributed by atoms with E-state index in [2.05, 4.69) is 14.5 Å². The fraction of sp³-hybridized carbons (Fsp3) is 0.375. The number of piperidine rings is 1. The number of amidine groups is 1. The highest BCUT2D eigenvalue weighted by Crippen LogP contribution is 2.35. The van der Waals surface area contributed by atoms with Crippen molar-refractivity contribution >= 4 is 39.3 Å². The Hall–Kier alpha value is -2.96. The van der Waals surface area contributed by atoms with Crippen molar-refractivity contribution in [2.75, 3.05) is 19.6 Å². The van der Waals surface area contributed by atoms with Crippen molar-refractivity contribution in [2.24, 2.45) is 26.1 Å². The molecule has 2 aliphatic rings. The predicted octanol–water partition coefficient (Wildman–Crippen LogP) is 4.40. The van der Waals surface area contributed by atoms with Crippen LogP contribution in [0, 0.1) is 5.92 Å². The number of hydrogen-bond donors (Lipinski definition) is 1. The van der Waals surface area contributed by atoms with Crippen molar-refractivity contribution in [3.63, 3.8) is 0 Å². The van der Waals surface area contributed by atoms with Crippen LogP contribution in [0.2, 0.25) is 5.02 Å². The third kappa shape index (κ3) is 6.49. The monoisotopic (exact) mass is 554 g/mol. The van der Waals surface area contributed by atoms with Gasteiger partial charge in [0.15, 0.2) is 0 Å². The van der Waals surface area contributed by atoms with E-state index in [9.17, 15) is 21.6 Å². The smallest absolute Gasteiger partial charge is 0.387 e. The van der Waals surface area contributed by atoms with Crippen LogP contribution in [-0.2, 0) is 10.2 Å². The first-order valence-corrected chi connectivity index (χ1v) is 13.4. The average molecular weight is 555 g/mol. The minimum Gasteiger partial charge on any atom is -0.387 e. The number of hydrazone groups is 1. The van der Waals surface area contributed by atoms with Crippen LogP contribution in [0.5, 0.6) is 0 Å². The summed E-state index contributed by atoms with van der Waals surface area (Å²) >= 11 is 6.05. The summed E-state index contributed by atoms with van der Waals surface area (Å²) in [4.78, 5) is 4.12. The van der Waals surface area contributed by atoms with Gasteiger partial charge >= 0.3 is 16.4 Å². The fourth-order valence-corrected chi connectivity index (χ4v) is 5.57. The van der Waals surface area contributed by atoms with Crippen LogP contribution in [-0.4, -0.2) is 61.0 Å². The van der Waals surface area contributed by atoms with Gasteiger partial charge in [0.05, 0.1) is 24.0 Å². The molecule has 37 heavy (non-hydrogen) atoms. The number of alkyl halides is 3. The summed E-state index contributed by atoms with van der Waals surface area (Å²) < 4.78 is 70.1. The number of benzene rings is 2. The quantitative estimate of drug-likeness (QED) is 0.447. The van der Waals surface area contributed by atoms with Gasteiger partial charge in [-0.1, -0.05) is 54.1 Å². The first-order chi connectivity index (χ1) is 17.4. The van der Waals surface area contributed by atoms with Crippen LogP contribution in [0.3, 0.4) is 0 Å². The minimum absolute atomic E-state index is 0.0520. The van der Waals surface area contributed by atoms with Crippen molar-refractivity contribution in [3.8, 4) is 0 Å². The van der Waals surface area contributed by atoms with Crippen molar-refractivity contribution in [2.45, 2.75) is 31.9 Å². The molecular weight excluding hydrogens is 529 g/mol. The number of nitrogens with two attached hydrogens (primary N) is 1. The SMILES string of the molecule is C/C(N)=N/C(=N/S(=O)(=O)N1CCC(C(F)(F)F)CC1)N1CC(c2ccccc2)C(c2ccc(Cl)cc2)=N1. The van der Waals surface area contributed by atoms with E-state index in [1.807, 2.05) is 42.5 Å². The molecule has 0 saturated carbocycles. The van der Waals surface area contributed by atoms with Crippen molar-refractivity contribution in [1.29, 1.82) is 0 Å². The van der Waals surface area contributed by atoms with E-state index in [1.54, 1.807) is 12.1 Å². The summed E-state index contributed by atoms with van der Waals surface area (Å²) in [6.45, 7) is 1.12. The van der Waals surface area contributed by atoms with Gasteiger partial charge in [0.2, 0.25) is 0 Å². The Bertz CT molecular complexity index is 1300. The van der Waals surface area contributed by atoms with Gasteiger partial charge in [0.25, 0.3) is 5.96 Å². The lowest BCUT2D eigenvalue weighted by Gasteiger charge is -2.30. The molecule has 0 amide bonds. The van der Waals surface area contributed by atoms with Crippen molar-refractivity contribution in [1.82, 2.24) is 9.31 Å². The molecule has 198 valence electrons. The van der Waals surface area contributed by atoms with E-state index in [0.717, 1.165) is 15.4 Å². The lowest BCUT2D eigenvalue weighted by atomic mass is 9.91. The van der Waals surface area contributed by atoms with Gasteiger partial charge < -0.3 is 5.73 Å². The Balaban J connectivity index is 1.68. The van der Waals surface area contributed by atoms with Crippen LogP contribution in [0.1, 0.15) is 36.8 Å². The molecule has 4 rings (SSSR count). The average Bonchev–Trinajstić information content (AvgIpc) is 3.29. The first kappa shape index (κ1) is 27.1. The topological polar surface area (TPSA) is 104 Å². The number of hydrogen-bond acceptors (Lipinski definition) is 3. The Morgan fingerprint density at radius 2 is 1.70 bits per heavy atom. The van der Waals surface area contributed by atoms with E-state index >= 15 is 0 Å². The Morgan fingerprint density at radius 1 is 1.08 bits per heavy atom. The molecule has 0 aromatic heterocycles. The molecule has 2 aliphatic heterocycles. The zero-order valence-corrected chi connectivity index (χ0v) is 21.5. The molecule has 2 N–H and O–H groups in total. The van der Waals surface area contributed by atoms with Crippen LogP contribution < -0.4 is 5.73 Å². The maximum atomic E-state index is 13.1. The molecule has 0 spiro atoms. The molecule has 1 fully saturated rings. The Labute approximate surface area is 218 Å². The van der Waals surface area contributed by atoms with E-state index < -0.39 is 22.3 Å². The van der Waals surface area contributed by atoms with Gasteiger partial charge in [-0.15, -0.1) is 4.40 Å². The lowest BCUT2D eigenvalue weighted by molar-refractivity contribution is -0.182. The highest BCUT2D eigenvalue weighted by Gasteiger charge is 2.43. The molecular formula is C24H26ClF3N6O2S. The number of nitrogens with zero attached hydrogens (tertiary/aromatic N) is 5. The maximum Gasteiger partial charge on any atom is 0.391 e. The highest BCUT2D eigenvalue weighted by atomic mass is 35.5. The van der Waals surface area contributed by atoms with E-state index in [-0.39, 0.29) is 50.2 Å². The van der Waals surface area contributed by atoms with Crippen LogP contribution in [0.4, 0.5) is 13.2 Å². The zero-order chi connectivity index (χ0) is 26.8. The summed E-state index contributed by atoms with van der Waals surface area (Å²) in [7, 11) is -4.34. The largest absolute Gasteiger partial charge is 0.391 e. The van der Waals surface area contributed by atoms with Gasteiger partial charge in [-0.05, 0) is 43.0 Å². The molecule has 8 nitrogen and oxygen atoms in total. The standard InChI is InChI=1S/C24H26ClF3N6O2S/c1-16(29)30-23(32-37(35,36)33-13-11-19(12-14-33)24(26,27)28)34-15-21(17-5-3-2-4-6-17)22(31-34)18-7-9-20(25)10-8-18/h2-10,19,21H,11-15H2,1H3,(H2,29,30,32). The van der Waals surface area contributed by atoms with Crippen molar-refractivity contribution < 1.29 is 21.6 Å². The van der Waals surface area contributed by atoms with Gasteiger partial charge in [0.1, 0.15) is 0 Å². The molecule has 0 bridgehead atoms. The fourth-order valence-electron chi connectivity index (χ4n) is 4.31. The second kappa shape index (κ2) is 10.8. The molecule has 0 radical (unpaired) electrons. The third-order valence-corrected chi connectivity index (χ3v) is 7.87. The van der Waals surface area contributed by atoms with Crippen LogP contribution >= 0.6 is 11.6 Å². The Morgan fingerprint density at radius 3 is 2.27 bits per heavy atom. The second-order valence-corrected chi connectivity index (χ2v) is 10.9. The summed E-state index contributed by atoms with van der Waals surface area (Å²) in [6.07, 6.45) is -5.02. The molecule has 2 aromatic carbocycles. The maximum absolute atomic E-state index is 13.1. The molecule has 2 heterocycles. The normalized spacial score (nSPS) is 20.8. The number of halogens is 4. The van der Waals surface area contributed by atoms with Gasteiger partial charge in [-0.3, -0.25) is 0 Å². The zero-order valence-electron chi connectivity index (χ0n) is 19.9. The third-order valence-electron chi connectivity index (χ3n) is 6.20. The summed E-state index contributed by atoms with van der Waals surface area (Å²) in [5, 5.41) is 6.57. The van der Waals surface area contributed by atoms with E-state index in [0.29, 0.717) is 10.7 Å². The second-order valence-electron chi connectivity index (χ2n) is 8.87. The van der Waals surface area contributed by atoms with Gasteiger partial charge in [-0.25, -0.2) is 5.01 Å². The summed E-state index contributed by atoms with van der Waals surface area (Å²) in [5.74, 6) is -1.99. The lowest BCUT2D eigenvalue weighted by Crippen LogP contribution is -2.42. The van der Waals surface area contributed by atoms with Crippen molar-refractivity contribution in [3.05, 3.63) is 70.7 Å². The first-order valence-electron chi connectivity index (χ1n) is 11.6. The summed E-state index contributed by atoms with van der Waals surface area (Å²) in [5.41, 5.74) is 8.17. The molecule has 13 heteroatoms.